The topological polar surface area (TPSA) is 97.0 Å². The van der Waals surface area contributed by atoms with Crippen LogP contribution in [-0.4, -0.2) is 26.2 Å². The summed E-state index contributed by atoms with van der Waals surface area (Å²) in [6.45, 7) is 7.31. The molecule has 1 saturated carbocycles. The zero-order valence-electron chi connectivity index (χ0n) is 15.5. The summed E-state index contributed by atoms with van der Waals surface area (Å²) in [6, 6.07) is 5.58. The van der Waals surface area contributed by atoms with Gasteiger partial charge in [0.25, 0.3) is 0 Å². The monoisotopic (exact) mass is 365 g/mol. The number of rotatable bonds is 5. The molecule has 0 spiro atoms. The lowest BCUT2D eigenvalue weighted by Crippen LogP contribution is -2.09. The Kier molecular flexibility index (Phi) is 8.19. The fourth-order valence-electron chi connectivity index (χ4n) is 2.67. The van der Waals surface area contributed by atoms with Crippen molar-refractivity contribution < 1.29 is 5.11 Å². The van der Waals surface area contributed by atoms with Crippen LogP contribution in [0.3, 0.4) is 0 Å². The number of nitrogens with two attached hydrogens (primary N) is 1. The zero-order valence-corrected chi connectivity index (χ0v) is 15.5. The van der Waals surface area contributed by atoms with Crippen LogP contribution in [0.2, 0.25) is 0 Å². The summed E-state index contributed by atoms with van der Waals surface area (Å²) in [5.74, 6) is 0.762. The van der Waals surface area contributed by atoms with E-state index in [1.54, 1.807) is 30.6 Å². The van der Waals surface area contributed by atoms with Gasteiger partial charge in [-0.2, -0.15) is 4.98 Å². The first-order valence-electron chi connectivity index (χ1n) is 9.08. The van der Waals surface area contributed by atoms with Crippen LogP contribution >= 0.6 is 0 Å². The molecule has 0 bridgehead atoms. The lowest BCUT2D eigenvalue weighted by Gasteiger charge is -2.14. The van der Waals surface area contributed by atoms with E-state index in [0.29, 0.717) is 17.3 Å². The number of allylic oxidation sites excluding steroid dienone is 3. The number of aromatic nitrogens is 3. The maximum Gasteiger partial charge on any atom is 0.229 e. The van der Waals surface area contributed by atoms with Gasteiger partial charge in [0.2, 0.25) is 5.95 Å². The van der Waals surface area contributed by atoms with Gasteiger partial charge in [-0.15, -0.1) is 0 Å². The normalized spacial score (nSPS) is 14.6. The SMILES string of the molecule is C=C/C=C(\C=C)Nc1ncc(-c2ccccn2)c(N)n1.OC1CCCCC1. The number of pyridine rings is 1. The quantitative estimate of drug-likeness (QED) is 0.690. The van der Waals surface area contributed by atoms with Crippen molar-refractivity contribution >= 4 is 11.8 Å². The molecule has 4 N–H and O–H groups in total. The molecule has 3 rings (SSSR count). The lowest BCUT2D eigenvalue weighted by atomic mass is 9.98. The van der Waals surface area contributed by atoms with Crippen LogP contribution in [0.5, 0.6) is 0 Å². The molecule has 27 heavy (non-hydrogen) atoms. The largest absolute Gasteiger partial charge is 0.393 e. The molecule has 0 atom stereocenters. The molecule has 0 radical (unpaired) electrons. The highest BCUT2D eigenvalue weighted by atomic mass is 16.3. The van der Waals surface area contributed by atoms with Crippen molar-refractivity contribution in [2.75, 3.05) is 11.1 Å². The molecule has 2 aromatic rings. The van der Waals surface area contributed by atoms with Crippen LogP contribution in [0.25, 0.3) is 11.3 Å². The summed E-state index contributed by atoms with van der Waals surface area (Å²) in [4.78, 5) is 12.7. The van der Waals surface area contributed by atoms with Gasteiger partial charge in [-0.25, -0.2) is 4.98 Å². The maximum atomic E-state index is 8.91. The molecular formula is C21H27N5O. The standard InChI is InChI=1S/C15H15N5.C6H12O/c1-3-7-11(4-2)19-15-18-10-12(14(16)20-15)13-8-5-6-9-17-13;7-6-4-2-1-3-5-6/h3-10H,1-2H2,(H3,16,18,19,20);6-7H,1-5H2/b11-7+;. The van der Waals surface area contributed by atoms with Gasteiger partial charge in [0.15, 0.2) is 0 Å². The van der Waals surface area contributed by atoms with Gasteiger partial charge < -0.3 is 16.2 Å². The molecule has 1 fully saturated rings. The summed E-state index contributed by atoms with van der Waals surface area (Å²) >= 11 is 0. The van der Waals surface area contributed by atoms with Gasteiger partial charge in [0, 0.05) is 18.1 Å². The van der Waals surface area contributed by atoms with E-state index in [9.17, 15) is 0 Å². The average Bonchev–Trinajstić information content (AvgIpc) is 2.69. The second-order valence-electron chi connectivity index (χ2n) is 6.19. The second kappa shape index (κ2) is 10.9. The van der Waals surface area contributed by atoms with E-state index in [0.717, 1.165) is 24.2 Å². The Hall–Kier alpha value is -2.99. The van der Waals surface area contributed by atoms with E-state index in [-0.39, 0.29) is 6.10 Å². The second-order valence-corrected chi connectivity index (χ2v) is 6.19. The van der Waals surface area contributed by atoms with Crippen LogP contribution in [0.15, 0.2) is 67.7 Å². The van der Waals surface area contributed by atoms with E-state index in [1.165, 1.54) is 19.3 Å². The van der Waals surface area contributed by atoms with E-state index in [1.807, 2.05) is 18.2 Å². The first kappa shape index (κ1) is 20.3. The summed E-state index contributed by atoms with van der Waals surface area (Å²) in [5.41, 5.74) is 8.12. The Bertz CT molecular complexity index is 767. The number of hydrogen-bond acceptors (Lipinski definition) is 6. The fourth-order valence-corrected chi connectivity index (χ4v) is 2.67. The highest BCUT2D eigenvalue weighted by molar-refractivity contribution is 5.70. The van der Waals surface area contributed by atoms with Gasteiger partial charge in [0.05, 0.1) is 17.4 Å². The van der Waals surface area contributed by atoms with Crippen LogP contribution < -0.4 is 11.1 Å². The molecule has 0 aromatic carbocycles. The minimum atomic E-state index is 0.0359. The molecule has 0 amide bonds. The Morgan fingerprint density at radius 2 is 1.96 bits per heavy atom. The van der Waals surface area contributed by atoms with Crippen molar-refractivity contribution in [2.24, 2.45) is 0 Å². The number of nitrogens with one attached hydrogen (secondary N) is 1. The van der Waals surface area contributed by atoms with E-state index in [4.69, 9.17) is 10.8 Å². The average molecular weight is 365 g/mol. The highest BCUT2D eigenvalue weighted by Crippen LogP contribution is 2.22. The summed E-state index contributed by atoms with van der Waals surface area (Å²) in [5, 5.41) is 11.9. The minimum Gasteiger partial charge on any atom is -0.393 e. The van der Waals surface area contributed by atoms with E-state index >= 15 is 0 Å². The summed E-state index contributed by atoms with van der Waals surface area (Å²) in [6.07, 6.45) is 14.3. The predicted molar refractivity (Wildman–Crippen MR) is 111 cm³/mol. The third-order valence-electron chi connectivity index (χ3n) is 4.11. The van der Waals surface area contributed by atoms with E-state index in [2.05, 4.69) is 33.4 Å². The number of hydrogen-bond donors (Lipinski definition) is 3. The molecule has 2 heterocycles. The smallest absolute Gasteiger partial charge is 0.229 e. The number of nitrogen functional groups attached to an aromatic ring is 1. The van der Waals surface area contributed by atoms with Crippen LogP contribution in [-0.2, 0) is 0 Å². The number of nitrogens with zero attached hydrogens (tertiary/aromatic N) is 3. The van der Waals surface area contributed by atoms with Crippen LogP contribution in [0.1, 0.15) is 32.1 Å². The summed E-state index contributed by atoms with van der Waals surface area (Å²) < 4.78 is 0. The molecule has 6 nitrogen and oxygen atoms in total. The van der Waals surface area contributed by atoms with Crippen molar-refractivity contribution in [3.8, 4) is 11.3 Å². The molecule has 142 valence electrons. The van der Waals surface area contributed by atoms with Crippen molar-refractivity contribution in [3.05, 3.63) is 67.7 Å². The predicted octanol–water partition coefficient (Wildman–Crippen LogP) is 4.10. The molecule has 1 aliphatic carbocycles. The van der Waals surface area contributed by atoms with Crippen molar-refractivity contribution in [2.45, 2.75) is 38.2 Å². The molecule has 0 aliphatic heterocycles. The maximum absolute atomic E-state index is 8.91. The minimum absolute atomic E-state index is 0.0359. The van der Waals surface area contributed by atoms with Crippen molar-refractivity contribution in [1.82, 2.24) is 15.0 Å². The Morgan fingerprint density at radius 1 is 1.19 bits per heavy atom. The molecular weight excluding hydrogens is 338 g/mol. The first-order chi connectivity index (χ1) is 13.1. The molecule has 0 unspecified atom stereocenters. The number of anilines is 2. The lowest BCUT2D eigenvalue weighted by molar-refractivity contribution is 0.130. The van der Waals surface area contributed by atoms with Gasteiger partial charge in [-0.1, -0.05) is 44.6 Å². The van der Waals surface area contributed by atoms with Gasteiger partial charge in [-0.05, 0) is 37.1 Å². The third kappa shape index (κ3) is 6.67. The van der Waals surface area contributed by atoms with Gasteiger partial charge in [0.1, 0.15) is 5.82 Å². The highest BCUT2D eigenvalue weighted by Gasteiger charge is 2.08. The zero-order chi connectivity index (χ0) is 19.5. The van der Waals surface area contributed by atoms with E-state index < -0.39 is 0 Å². The molecule has 2 aromatic heterocycles. The van der Waals surface area contributed by atoms with Gasteiger partial charge in [-0.3, -0.25) is 4.98 Å². The fraction of sp³-hybridized carbons (Fsp3) is 0.286. The number of aliphatic hydroxyl groups is 1. The van der Waals surface area contributed by atoms with Crippen LogP contribution in [0.4, 0.5) is 11.8 Å². The van der Waals surface area contributed by atoms with Gasteiger partial charge >= 0.3 is 0 Å². The third-order valence-corrected chi connectivity index (χ3v) is 4.11. The van der Waals surface area contributed by atoms with Crippen molar-refractivity contribution in [1.29, 1.82) is 0 Å². The Morgan fingerprint density at radius 3 is 2.48 bits per heavy atom. The molecule has 0 saturated heterocycles. The van der Waals surface area contributed by atoms with Crippen molar-refractivity contribution in [3.63, 3.8) is 0 Å². The summed E-state index contributed by atoms with van der Waals surface area (Å²) in [7, 11) is 0. The Labute approximate surface area is 160 Å². The molecule has 1 aliphatic rings. The Balaban J connectivity index is 0.000000313. The van der Waals surface area contributed by atoms with Crippen LogP contribution in [0, 0.1) is 0 Å². The molecule has 6 heteroatoms. The first-order valence-corrected chi connectivity index (χ1v) is 9.08. The number of aliphatic hydroxyl groups excluding tert-OH is 1.